The molecule has 2 amide bonds. The second kappa shape index (κ2) is 13.0. The van der Waals surface area contributed by atoms with Gasteiger partial charge < -0.3 is 15.1 Å². The van der Waals surface area contributed by atoms with Crippen molar-refractivity contribution >= 4 is 33.7 Å². The van der Waals surface area contributed by atoms with E-state index in [2.05, 4.69) is 21.2 Å². The molecule has 1 N–H and O–H groups in total. The summed E-state index contributed by atoms with van der Waals surface area (Å²) in [6.07, 6.45) is -5.58. The summed E-state index contributed by atoms with van der Waals surface area (Å²) in [5, 5.41) is 2.54. The van der Waals surface area contributed by atoms with Crippen LogP contribution in [0.15, 0.2) is 82.1 Å². The molecule has 4 aromatic rings. The van der Waals surface area contributed by atoms with Crippen molar-refractivity contribution in [3.05, 3.63) is 121 Å². The van der Waals surface area contributed by atoms with Gasteiger partial charge >= 0.3 is 6.18 Å². The van der Waals surface area contributed by atoms with Crippen LogP contribution in [0.4, 0.5) is 27.9 Å². The van der Waals surface area contributed by atoms with E-state index in [1.165, 1.54) is 28.6 Å². The summed E-state index contributed by atoms with van der Waals surface area (Å²) in [4.78, 5) is 48.3. The molecule has 1 atom stereocenters. The molecule has 1 aliphatic heterocycles. The van der Waals surface area contributed by atoms with Crippen LogP contribution in [0.2, 0.25) is 0 Å². The average molecular weight is 745 g/mol. The van der Waals surface area contributed by atoms with E-state index in [0.29, 0.717) is 16.8 Å². The van der Waals surface area contributed by atoms with Crippen LogP contribution < -0.4 is 15.8 Å². The summed E-state index contributed by atoms with van der Waals surface area (Å²) < 4.78 is 70.8. The van der Waals surface area contributed by atoms with E-state index < -0.39 is 54.1 Å². The molecule has 8 nitrogen and oxygen atoms in total. The largest absolute Gasteiger partial charge is 0.417 e. The van der Waals surface area contributed by atoms with Crippen LogP contribution in [0.1, 0.15) is 62.9 Å². The molecule has 2 heterocycles. The van der Waals surface area contributed by atoms with E-state index in [9.17, 15) is 36.3 Å². The van der Waals surface area contributed by atoms with Gasteiger partial charge in [0.25, 0.3) is 23.3 Å². The number of carbonyl (C=O) groups excluding carboxylic acids is 2. The lowest BCUT2D eigenvalue weighted by Crippen LogP contribution is -2.53. The zero-order chi connectivity index (χ0) is 35.2. The highest BCUT2D eigenvalue weighted by Crippen LogP contribution is 2.43. The van der Waals surface area contributed by atoms with Gasteiger partial charge in [0.1, 0.15) is 0 Å². The fraction of sp³-hybridized carbons (Fsp3) is 0.314. The Bertz CT molecular complexity index is 1960. The van der Waals surface area contributed by atoms with Crippen LogP contribution in [-0.4, -0.2) is 51.3 Å². The summed E-state index contributed by atoms with van der Waals surface area (Å²) in [5.41, 5.74) is 0.346. The molecule has 1 fully saturated rings. The van der Waals surface area contributed by atoms with Crippen LogP contribution >= 0.6 is 15.9 Å². The van der Waals surface area contributed by atoms with Gasteiger partial charge in [0.05, 0.1) is 23.5 Å². The van der Waals surface area contributed by atoms with Crippen LogP contribution in [-0.2, 0) is 25.7 Å². The monoisotopic (exact) mass is 743 g/mol. The summed E-state index contributed by atoms with van der Waals surface area (Å²) in [5.74, 6) is -3.83. The lowest BCUT2D eigenvalue weighted by molar-refractivity contribution is -0.138. The fourth-order valence-corrected chi connectivity index (χ4v) is 6.76. The molecule has 1 unspecified atom stereocenters. The van der Waals surface area contributed by atoms with Crippen LogP contribution in [0.3, 0.4) is 0 Å². The van der Waals surface area contributed by atoms with Crippen LogP contribution in [0.5, 0.6) is 0 Å². The number of fused-ring (bicyclic) bond motifs is 1. The number of carbonyl (C=O) groups is 2. The van der Waals surface area contributed by atoms with Crippen molar-refractivity contribution in [1.29, 1.82) is 0 Å². The number of amides is 2. The third kappa shape index (κ3) is 6.83. The molecule has 14 heteroatoms. The molecule has 2 aliphatic rings. The molecule has 49 heavy (non-hydrogen) atoms. The van der Waals surface area contributed by atoms with E-state index >= 15 is 0 Å². The van der Waals surface area contributed by atoms with Gasteiger partial charge in [-0.2, -0.15) is 13.2 Å². The quantitative estimate of drug-likeness (QED) is 0.212. The number of anilines is 1. The predicted molar refractivity (Wildman–Crippen MR) is 176 cm³/mol. The Morgan fingerprint density at radius 1 is 1.02 bits per heavy atom. The van der Waals surface area contributed by atoms with Gasteiger partial charge in [-0.25, -0.2) is 18.3 Å². The lowest BCUT2D eigenvalue weighted by Gasteiger charge is -2.44. The number of hydrogen-bond donors (Lipinski definition) is 1. The first kappa shape index (κ1) is 34.3. The van der Waals surface area contributed by atoms with Crippen LogP contribution in [0, 0.1) is 0 Å². The second-order valence-corrected chi connectivity index (χ2v) is 13.2. The number of rotatable bonds is 7. The van der Waals surface area contributed by atoms with Gasteiger partial charge in [-0.1, -0.05) is 46.3 Å². The van der Waals surface area contributed by atoms with Crippen molar-refractivity contribution in [3.8, 4) is 5.69 Å². The first-order chi connectivity index (χ1) is 23.2. The van der Waals surface area contributed by atoms with Gasteiger partial charge in [0, 0.05) is 59.7 Å². The molecular formula is C35H31BrF5N5O3. The number of benzene rings is 3. The van der Waals surface area contributed by atoms with Gasteiger partial charge in [-0.15, -0.1) is 0 Å². The van der Waals surface area contributed by atoms with Gasteiger partial charge in [0.2, 0.25) is 5.95 Å². The molecule has 6 rings (SSSR count). The molecule has 0 bridgehead atoms. The minimum Gasteiger partial charge on any atom is -0.355 e. The number of nitrogens with zero attached hydrogens (tertiary/aromatic N) is 4. The summed E-state index contributed by atoms with van der Waals surface area (Å²) in [6, 6.07) is 17.3. The van der Waals surface area contributed by atoms with Crippen LogP contribution in [0.25, 0.3) is 5.69 Å². The van der Waals surface area contributed by atoms with Gasteiger partial charge in [0.15, 0.2) is 0 Å². The Balaban J connectivity index is 1.47. The smallest absolute Gasteiger partial charge is 0.355 e. The normalized spacial score (nSPS) is 17.2. The summed E-state index contributed by atoms with van der Waals surface area (Å²) in [6.45, 7) is 1.64. The molecule has 0 radical (unpaired) electrons. The molecule has 256 valence electrons. The molecule has 1 aliphatic carbocycles. The van der Waals surface area contributed by atoms with Crippen molar-refractivity contribution in [3.63, 3.8) is 0 Å². The van der Waals surface area contributed by atoms with E-state index in [1.807, 2.05) is 30.3 Å². The van der Waals surface area contributed by atoms with Crippen molar-refractivity contribution in [2.45, 2.75) is 63.5 Å². The minimum absolute atomic E-state index is 0.0480. The Morgan fingerprint density at radius 2 is 1.67 bits per heavy atom. The first-order valence-corrected chi connectivity index (χ1v) is 16.3. The predicted octanol–water partition coefficient (Wildman–Crippen LogP) is 6.76. The average Bonchev–Trinajstić information content (AvgIpc) is 3.06. The number of nitrogens with one attached hydrogen (secondary N) is 1. The third-order valence-electron chi connectivity index (χ3n) is 8.95. The molecule has 3 aromatic carbocycles. The molecular weight excluding hydrogens is 713 g/mol. The first-order valence-electron chi connectivity index (χ1n) is 15.5. The Hall–Kier alpha value is -4.59. The van der Waals surface area contributed by atoms with Crippen molar-refractivity contribution in [2.24, 2.45) is 0 Å². The van der Waals surface area contributed by atoms with Crippen molar-refractivity contribution in [1.82, 2.24) is 19.8 Å². The standard InChI is InChI=1S/C35H31BrF5N5O3/c1-20-14-26-29(19-44(20)31(48)23-10-13-28(36)27(15-23)35(39,40)41)43-33(46(32(26)49)24-11-8-22(9-12-24)30(47)42-2)45(25-16-34(37,38)17-25)18-21-6-4-3-5-7-21/h3-13,15,20,25H,14,16-19H2,1-2H3,(H,42,47). The molecule has 1 saturated carbocycles. The topological polar surface area (TPSA) is 87.5 Å². The van der Waals surface area contributed by atoms with Gasteiger partial charge in [-0.05, 0) is 61.4 Å². The van der Waals surface area contributed by atoms with E-state index in [-0.39, 0.29) is 47.1 Å². The number of halogens is 6. The number of aromatic nitrogens is 2. The zero-order valence-corrected chi connectivity index (χ0v) is 28.0. The maximum absolute atomic E-state index is 14.4. The molecule has 0 saturated heterocycles. The highest BCUT2D eigenvalue weighted by atomic mass is 79.9. The second-order valence-electron chi connectivity index (χ2n) is 12.3. The Kier molecular flexibility index (Phi) is 9.12. The summed E-state index contributed by atoms with van der Waals surface area (Å²) in [7, 11) is 1.49. The highest BCUT2D eigenvalue weighted by Gasteiger charge is 2.49. The lowest BCUT2D eigenvalue weighted by atomic mass is 9.86. The molecule has 1 aromatic heterocycles. The Labute approximate surface area is 286 Å². The van der Waals surface area contributed by atoms with Gasteiger partial charge in [-0.3, -0.25) is 14.4 Å². The minimum atomic E-state index is -4.70. The zero-order valence-electron chi connectivity index (χ0n) is 26.4. The fourth-order valence-electron chi connectivity index (χ4n) is 6.28. The van der Waals surface area contributed by atoms with Crippen molar-refractivity contribution in [2.75, 3.05) is 11.9 Å². The van der Waals surface area contributed by atoms with E-state index in [0.717, 1.165) is 11.6 Å². The highest BCUT2D eigenvalue weighted by molar-refractivity contribution is 9.10. The van der Waals surface area contributed by atoms with E-state index in [4.69, 9.17) is 4.98 Å². The SMILES string of the molecule is CNC(=O)c1ccc(-n2c(N(Cc3ccccc3)C3CC(F)(F)C3)nc3c(c2=O)CC(C)N(C(=O)c2ccc(Br)c(C(F)(F)F)c2)C3)cc1. The third-order valence-corrected chi connectivity index (χ3v) is 9.64. The van der Waals surface area contributed by atoms with Crippen molar-refractivity contribution < 1.29 is 31.5 Å². The van der Waals surface area contributed by atoms with E-state index in [1.54, 1.807) is 36.1 Å². The molecule has 0 spiro atoms. The number of alkyl halides is 5. The maximum atomic E-state index is 14.4. The summed E-state index contributed by atoms with van der Waals surface area (Å²) >= 11 is 2.90. The Morgan fingerprint density at radius 3 is 2.29 bits per heavy atom. The number of hydrogen-bond acceptors (Lipinski definition) is 5. The maximum Gasteiger partial charge on any atom is 0.417 e.